The molecule has 0 aliphatic heterocycles. The molecule has 5 rings (SSSR count). The van der Waals surface area contributed by atoms with E-state index in [2.05, 4.69) is 30.2 Å². The molecule has 1 aliphatic rings. The number of hydrogen-bond donors (Lipinski definition) is 4. The van der Waals surface area contributed by atoms with Crippen molar-refractivity contribution in [3.05, 3.63) is 46.3 Å². The van der Waals surface area contributed by atoms with Crippen LogP contribution in [0, 0.1) is 0 Å². The van der Waals surface area contributed by atoms with Gasteiger partial charge < -0.3 is 20.3 Å². The van der Waals surface area contributed by atoms with Gasteiger partial charge in [-0.25, -0.2) is 14.8 Å². The average molecular weight is 320 g/mol. The van der Waals surface area contributed by atoms with Crippen LogP contribution in [0.15, 0.2) is 29.3 Å². The molecule has 0 fully saturated rings. The van der Waals surface area contributed by atoms with Crippen molar-refractivity contribution in [1.82, 2.24) is 24.9 Å². The van der Waals surface area contributed by atoms with Crippen molar-refractivity contribution in [1.29, 1.82) is 0 Å². The Hall–Kier alpha value is -3.09. The Labute approximate surface area is 136 Å². The summed E-state index contributed by atoms with van der Waals surface area (Å²) < 4.78 is 0. The molecule has 0 saturated heterocycles. The highest BCUT2D eigenvalue weighted by Crippen LogP contribution is 2.33. The quantitative estimate of drug-likeness (QED) is 0.456. The van der Waals surface area contributed by atoms with Crippen LogP contribution in [0.5, 0.6) is 0 Å². The maximum absolute atomic E-state index is 11.4. The molecule has 24 heavy (non-hydrogen) atoms. The summed E-state index contributed by atoms with van der Waals surface area (Å²) in [4.78, 5) is 29.2. The van der Waals surface area contributed by atoms with Crippen molar-refractivity contribution in [2.45, 2.75) is 25.7 Å². The molecule has 0 amide bonds. The van der Waals surface area contributed by atoms with Crippen LogP contribution in [-0.2, 0) is 12.8 Å². The van der Waals surface area contributed by atoms with Crippen LogP contribution in [0.3, 0.4) is 0 Å². The van der Waals surface area contributed by atoms with Crippen LogP contribution in [0.1, 0.15) is 24.1 Å². The average Bonchev–Trinajstić information content (AvgIpc) is 3.14. The van der Waals surface area contributed by atoms with E-state index in [4.69, 9.17) is 0 Å². The van der Waals surface area contributed by atoms with E-state index in [1.165, 1.54) is 24.1 Å². The van der Waals surface area contributed by atoms with Gasteiger partial charge in [0.25, 0.3) is 0 Å². The fraction of sp³-hybridized carbons (Fsp3) is 0.235. The van der Waals surface area contributed by atoms with Gasteiger partial charge in [-0.15, -0.1) is 0 Å². The highest BCUT2D eigenvalue weighted by atomic mass is 16.1. The molecule has 4 aromatic rings. The number of nitrogens with zero attached hydrogens (tertiary/aromatic N) is 2. The number of aromatic nitrogens is 5. The molecule has 0 spiro atoms. The lowest BCUT2D eigenvalue weighted by Gasteiger charge is -2.12. The number of benzene rings is 1. The minimum Gasteiger partial charge on any atom is -0.343 e. The second-order valence-corrected chi connectivity index (χ2v) is 6.20. The van der Waals surface area contributed by atoms with Crippen molar-refractivity contribution in [2.75, 3.05) is 5.32 Å². The third-order valence-electron chi connectivity index (χ3n) is 4.66. The first-order valence-electron chi connectivity index (χ1n) is 8.11. The molecule has 7 heteroatoms. The topological polar surface area (TPSA) is 102 Å². The summed E-state index contributed by atoms with van der Waals surface area (Å²) in [6.07, 6.45) is 6.12. The van der Waals surface area contributed by atoms with Gasteiger partial charge in [-0.3, -0.25) is 0 Å². The molecule has 3 heterocycles. The van der Waals surface area contributed by atoms with E-state index >= 15 is 0 Å². The third-order valence-corrected chi connectivity index (χ3v) is 4.66. The summed E-state index contributed by atoms with van der Waals surface area (Å²) in [5, 5.41) is 4.46. The van der Waals surface area contributed by atoms with E-state index in [0.29, 0.717) is 0 Å². The van der Waals surface area contributed by atoms with Crippen molar-refractivity contribution in [3.63, 3.8) is 0 Å². The van der Waals surface area contributed by atoms with Gasteiger partial charge in [0, 0.05) is 11.4 Å². The zero-order chi connectivity index (χ0) is 16.1. The number of aryl methyl sites for hydroxylation is 2. The van der Waals surface area contributed by atoms with E-state index in [1.54, 1.807) is 6.33 Å². The van der Waals surface area contributed by atoms with Gasteiger partial charge >= 0.3 is 5.69 Å². The highest BCUT2D eigenvalue weighted by molar-refractivity contribution is 5.94. The molecular formula is C17H16N6O. The first-order chi connectivity index (χ1) is 11.8. The third kappa shape index (κ3) is 2.01. The van der Waals surface area contributed by atoms with Crippen LogP contribution < -0.4 is 11.0 Å². The fourth-order valence-electron chi connectivity index (χ4n) is 3.57. The van der Waals surface area contributed by atoms with Gasteiger partial charge in [-0.1, -0.05) is 0 Å². The van der Waals surface area contributed by atoms with Crippen molar-refractivity contribution in [2.24, 2.45) is 0 Å². The molecule has 120 valence electrons. The van der Waals surface area contributed by atoms with E-state index in [-0.39, 0.29) is 5.69 Å². The Morgan fingerprint density at radius 3 is 2.83 bits per heavy atom. The molecular weight excluding hydrogens is 304 g/mol. The lowest BCUT2D eigenvalue weighted by molar-refractivity contribution is 0.680. The standard InChI is InChI=1S/C17H16N6O/c24-17-22-12-6-5-9(7-13(12)23-17)20-15-14-10-3-1-2-4-11(10)21-16(14)19-8-18-15/h5-8H,1-4H2,(H2,22,23,24)(H2,18,19,20,21). The molecule has 1 aliphatic carbocycles. The molecule has 0 unspecified atom stereocenters. The summed E-state index contributed by atoms with van der Waals surface area (Å²) in [6.45, 7) is 0. The number of fused-ring (bicyclic) bond motifs is 4. The lowest BCUT2D eigenvalue weighted by atomic mass is 9.96. The Balaban J connectivity index is 1.62. The van der Waals surface area contributed by atoms with Crippen LogP contribution in [-0.4, -0.2) is 24.9 Å². The molecule has 1 aromatic carbocycles. The van der Waals surface area contributed by atoms with Gasteiger partial charge in [0.05, 0.1) is 16.4 Å². The van der Waals surface area contributed by atoms with E-state index in [1.807, 2.05) is 18.2 Å². The van der Waals surface area contributed by atoms with Gasteiger partial charge in [0.1, 0.15) is 17.8 Å². The summed E-state index contributed by atoms with van der Waals surface area (Å²) in [5.74, 6) is 0.802. The Morgan fingerprint density at radius 2 is 1.88 bits per heavy atom. The summed E-state index contributed by atoms with van der Waals surface area (Å²) in [6, 6.07) is 5.71. The maximum Gasteiger partial charge on any atom is 0.323 e. The van der Waals surface area contributed by atoms with Crippen molar-refractivity contribution >= 4 is 33.6 Å². The molecule has 4 N–H and O–H groups in total. The first-order valence-corrected chi connectivity index (χ1v) is 8.11. The predicted octanol–water partition coefficient (Wildman–Crippen LogP) is 2.75. The largest absolute Gasteiger partial charge is 0.343 e. The van der Waals surface area contributed by atoms with Crippen LogP contribution in [0.4, 0.5) is 11.5 Å². The normalized spacial score (nSPS) is 14.2. The van der Waals surface area contributed by atoms with Crippen molar-refractivity contribution < 1.29 is 0 Å². The SMILES string of the molecule is O=c1[nH]c2ccc(Nc3ncnc4[nH]c5c(c34)CCCC5)cc2[nH]1. The second kappa shape index (κ2) is 4.95. The van der Waals surface area contributed by atoms with Gasteiger partial charge in [-0.05, 0) is 49.4 Å². The summed E-state index contributed by atoms with van der Waals surface area (Å²) in [7, 11) is 0. The minimum atomic E-state index is -0.203. The predicted molar refractivity (Wildman–Crippen MR) is 92.7 cm³/mol. The number of rotatable bonds is 2. The minimum absolute atomic E-state index is 0.203. The lowest BCUT2D eigenvalue weighted by Crippen LogP contribution is -2.01. The summed E-state index contributed by atoms with van der Waals surface area (Å²) >= 11 is 0. The molecule has 0 bridgehead atoms. The molecule has 0 radical (unpaired) electrons. The second-order valence-electron chi connectivity index (χ2n) is 6.20. The fourth-order valence-corrected chi connectivity index (χ4v) is 3.57. The number of anilines is 2. The monoisotopic (exact) mass is 320 g/mol. The van der Waals surface area contributed by atoms with Gasteiger partial charge in [-0.2, -0.15) is 0 Å². The number of imidazole rings is 1. The van der Waals surface area contributed by atoms with Crippen LogP contribution in [0.25, 0.3) is 22.1 Å². The number of hydrogen-bond acceptors (Lipinski definition) is 4. The smallest absolute Gasteiger partial charge is 0.323 e. The number of H-pyrrole nitrogens is 3. The zero-order valence-corrected chi connectivity index (χ0v) is 12.9. The van der Waals surface area contributed by atoms with Crippen LogP contribution in [0.2, 0.25) is 0 Å². The van der Waals surface area contributed by atoms with Gasteiger partial charge in [0.15, 0.2) is 0 Å². The molecule has 0 atom stereocenters. The molecule has 3 aromatic heterocycles. The van der Waals surface area contributed by atoms with Gasteiger partial charge in [0.2, 0.25) is 0 Å². The first kappa shape index (κ1) is 13.4. The number of nitrogens with one attached hydrogen (secondary N) is 4. The summed E-state index contributed by atoms with van der Waals surface area (Å²) in [5.41, 5.74) is 5.73. The van der Waals surface area contributed by atoms with E-state index in [0.717, 1.165) is 46.4 Å². The zero-order valence-electron chi connectivity index (χ0n) is 12.9. The molecule has 0 saturated carbocycles. The highest BCUT2D eigenvalue weighted by Gasteiger charge is 2.19. The van der Waals surface area contributed by atoms with E-state index in [9.17, 15) is 4.79 Å². The maximum atomic E-state index is 11.4. The van der Waals surface area contributed by atoms with Crippen LogP contribution >= 0.6 is 0 Å². The molecule has 7 nitrogen and oxygen atoms in total. The Bertz CT molecular complexity index is 1120. The van der Waals surface area contributed by atoms with E-state index < -0.39 is 0 Å². The Morgan fingerprint density at radius 1 is 1.00 bits per heavy atom. The number of aromatic amines is 3. The Kier molecular flexibility index (Phi) is 2.76. The van der Waals surface area contributed by atoms with Crippen molar-refractivity contribution in [3.8, 4) is 0 Å².